The average Bonchev–Trinajstić information content (AvgIpc) is 2.93. The van der Waals surface area contributed by atoms with Crippen LogP contribution in [0, 0.1) is 5.92 Å². The van der Waals surface area contributed by atoms with E-state index in [-0.39, 0.29) is 6.61 Å². The molecule has 0 aromatic carbocycles. The van der Waals surface area contributed by atoms with Crippen molar-refractivity contribution >= 4 is 27.4 Å². The fraction of sp³-hybridized carbons (Fsp3) is 0.667. The monoisotopic (exact) mass is 331 g/mol. The number of thiophene rings is 1. The van der Waals surface area contributed by atoms with Crippen LogP contribution >= 0.6 is 11.3 Å². The molecule has 3 heterocycles. The fourth-order valence-electron chi connectivity index (χ4n) is 4.20. The number of aryl methyl sites for hydroxylation is 1. The van der Waals surface area contributed by atoms with E-state index >= 15 is 0 Å². The van der Waals surface area contributed by atoms with Crippen LogP contribution < -0.4 is 4.90 Å². The van der Waals surface area contributed by atoms with E-state index in [9.17, 15) is 5.11 Å². The zero-order chi connectivity index (χ0) is 15.8. The Bertz CT molecular complexity index is 697. The van der Waals surface area contributed by atoms with Crippen LogP contribution in [0.4, 0.5) is 5.82 Å². The summed E-state index contributed by atoms with van der Waals surface area (Å²) in [5, 5.41) is 10.7. The van der Waals surface area contributed by atoms with Crippen LogP contribution in [0.25, 0.3) is 10.2 Å². The summed E-state index contributed by atoms with van der Waals surface area (Å²) >= 11 is 1.87. The highest BCUT2D eigenvalue weighted by Gasteiger charge is 2.28. The molecule has 0 radical (unpaired) electrons. The highest BCUT2D eigenvalue weighted by atomic mass is 32.1. The van der Waals surface area contributed by atoms with Gasteiger partial charge in [-0.3, -0.25) is 0 Å². The Morgan fingerprint density at radius 1 is 1.30 bits per heavy atom. The van der Waals surface area contributed by atoms with E-state index in [1.54, 1.807) is 6.33 Å². The molecule has 23 heavy (non-hydrogen) atoms. The second-order valence-electron chi connectivity index (χ2n) is 7.08. The molecule has 1 aliphatic heterocycles. The van der Waals surface area contributed by atoms with E-state index in [2.05, 4.69) is 16.8 Å². The Kier molecular flexibility index (Phi) is 4.24. The van der Waals surface area contributed by atoms with E-state index in [1.165, 1.54) is 41.5 Å². The molecule has 0 amide bonds. The number of nitrogens with zero attached hydrogens (tertiary/aromatic N) is 3. The van der Waals surface area contributed by atoms with Crippen molar-refractivity contribution in [2.75, 3.05) is 18.1 Å². The van der Waals surface area contributed by atoms with Gasteiger partial charge in [0.15, 0.2) is 0 Å². The average molecular weight is 331 g/mol. The van der Waals surface area contributed by atoms with E-state index in [0.29, 0.717) is 6.04 Å². The maximum Gasteiger partial charge on any atom is 0.141 e. The molecule has 2 unspecified atom stereocenters. The van der Waals surface area contributed by atoms with Crippen LogP contribution in [-0.2, 0) is 12.8 Å². The van der Waals surface area contributed by atoms with Gasteiger partial charge in [0, 0.05) is 24.1 Å². The van der Waals surface area contributed by atoms with Gasteiger partial charge >= 0.3 is 0 Å². The summed E-state index contributed by atoms with van der Waals surface area (Å²) in [6.07, 6.45) is 9.84. The fourth-order valence-corrected chi connectivity index (χ4v) is 5.55. The highest BCUT2D eigenvalue weighted by Crippen LogP contribution is 2.41. The van der Waals surface area contributed by atoms with Gasteiger partial charge < -0.3 is 10.0 Å². The van der Waals surface area contributed by atoms with Crippen molar-refractivity contribution in [3.05, 3.63) is 16.8 Å². The Morgan fingerprint density at radius 3 is 3.09 bits per heavy atom. The van der Waals surface area contributed by atoms with Crippen LogP contribution in [0.1, 0.15) is 49.5 Å². The lowest BCUT2D eigenvalue weighted by molar-refractivity contribution is 0.262. The third-order valence-electron chi connectivity index (χ3n) is 5.43. The molecule has 4 rings (SSSR count). The summed E-state index contributed by atoms with van der Waals surface area (Å²) in [7, 11) is 0. The Balaban J connectivity index is 1.80. The number of hydrogen-bond acceptors (Lipinski definition) is 5. The maximum absolute atomic E-state index is 9.42. The Hall–Kier alpha value is -1.20. The zero-order valence-corrected chi connectivity index (χ0v) is 14.6. The summed E-state index contributed by atoms with van der Waals surface area (Å²) in [5.74, 6) is 1.91. The quantitative estimate of drug-likeness (QED) is 0.934. The SMILES string of the molecule is CC1CCc2c(sc3ncnc(N4CCCCC4CCO)c23)C1. The number of aliphatic hydroxyl groups is 1. The maximum atomic E-state index is 9.42. The third-order valence-corrected chi connectivity index (χ3v) is 6.60. The van der Waals surface area contributed by atoms with Crippen LogP contribution in [0.3, 0.4) is 0 Å². The largest absolute Gasteiger partial charge is 0.396 e. The van der Waals surface area contributed by atoms with Crippen molar-refractivity contribution in [2.24, 2.45) is 5.92 Å². The first-order chi connectivity index (χ1) is 11.3. The Morgan fingerprint density at radius 2 is 2.22 bits per heavy atom. The lowest BCUT2D eigenvalue weighted by Crippen LogP contribution is -2.40. The van der Waals surface area contributed by atoms with Crippen molar-refractivity contribution in [3.63, 3.8) is 0 Å². The first-order valence-electron chi connectivity index (χ1n) is 8.90. The normalized spacial score (nSPS) is 24.9. The van der Waals surface area contributed by atoms with Crippen molar-refractivity contribution in [3.8, 4) is 0 Å². The zero-order valence-electron chi connectivity index (χ0n) is 13.8. The van der Waals surface area contributed by atoms with Gasteiger partial charge in [0.1, 0.15) is 17.0 Å². The molecular formula is C18H25N3OS. The first-order valence-corrected chi connectivity index (χ1v) is 9.72. The van der Waals surface area contributed by atoms with Gasteiger partial charge in [-0.1, -0.05) is 6.92 Å². The molecule has 1 N–H and O–H groups in total. The summed E-state index contributed by atoms with van der Waals surface area (Å²) in [6.45, 7) is 3.66. The molecule has 0 spiro atoms. The van der Waals surface area contributed by atoms with Gasteiger partial charge in [0.05, 0.1) is 5.39 Å². The number of aliphatic hydroxyl groups excluding tert-OH is 1. The van der Waals surface area contributed by atoms with E-state index in [0.717, 1.165) is 42.4 Å². The first kappa shape index (κ1) is 15.3. The summed E-state index contributed by atoms with van der Waals surface area (Å²) in [6, 6.07) is 0.421. The van der Waals surface area contributed by atoms with Crippen molar-refractivity contribution in [2.45, 2.75) is 57.9 Å². The Labute approximate surface area is 141 Å². The van der Waals surface area contributed by atoms with E-state index < -0.39 is 0 Å². The predicted molar refractivity (Wildman–Crippen MR) is 95.3 cm³/mol. The minimum Gasteiger partial charge on any atom is -0.396 e. The summed E-state index contributed by atoms with van der Waals surface area (Å²) in [5.41, 5.74) is 1.51. The number of aromatic nitrogens is 2. The van der Waals surface area contributed by atoms with Gasteiger partial charge in [-0.05, 0) is 56.4 Å². The molecule has 0 saturated carbocycles. The molecule has 124 valence electrons. The number of anilines is 1. The van der Waals surface area contributed by atoms with Crippen molar-refractivity contribution in [1.29, 1.82) is 0 Å². The van der Waals surface area contributed by atoms with Gasteiger partial charge in [0.25, 0.3) is 0 Å². The van der Waals surface area contributed by atoms with Crippen LogP contribution in [-0.4, -0.2) is 34.3 Å². The molecule has 0 bridgehead atoms. The second-order valence-corrected chi connectivity index (χ2v) is 8.17. The summed E-state index contributed by atoms with van der Waals surface area (Å²) in [4.78, 5) is 14.4. The van der Waals surface area contributed by atoms with Crippen LogP contribution in [0.2, 0.25) is 0 Å². The molecule has 1 aliphatic carbocycles. The molecule has 1 saturated heterocycles. The number of hydrogen-bond donors (Lipinski definition) is 1. The van der Waals surface area contributed by atoms with Crippen LogP contribution in [0.5, 0.6) is 0 Å². The molecule has 5 heteroatoms. The predicted octanol–water partition coefficient (Wildman–Crippen LogP) is 3.56. The third kappa shape index (κ3) is 2.74. The van der Waals surface area contributed by atoms with Gasteiger partial charge in [-0.15, -0.1) is 11.3 Å². The molecule has 2 aliphatic rings. The van der Waals surface area contributed by atoms with E-state index in [1.807, 2.05) is 11.3 Å². The standard InChI is InChI=1S/C18H25N3OS/c1-12-5-6-14-15(10-12)23-18-16(14)17(19-11-20-18)21-8-3-2-4-13(21)7-9-22/h11-13,22H,2-10H2,1H3. The minimum absolute atomic E-state index is 0.259. The smallest absolute Gasteiger partial charge is 0.141 e. The molecule has 2 atom stereocenters. The molecule has 4 nitrogen and oxygen atoms in total. The highest BCUT2D eigenvalue weighted by molar-refractivity contribution is 7.19. The van der Waals surface area contributed by atoms with Crippen LogP contribution in [0.15, 0.2) is 6.33 Å². The number of piperidine rings is 1. The molecule has 1 fully saturated rings. The number of fused-ring (bicyclic) bond motifs is 3. The minimum atomic E-state index is 0.259. The van der Waals surface area contributed by atoms with E-state index in [4.69, 9.17) is 4.98 Å². The number of rotatable bonds is 3. The lowest BCUT2D eigenvalue weighted by atomic mass is 9.89. The second kappa shape index (κ2) is 6.36. The molecule has 2 aromatic heterocycles. The van der Waals surface area contributed by atoms with Gasteiger partial charge in [-0.25, -0.2) is 9.97 Å². The lowest BCUT2D eigenvalue weighted by Gasteiger charge is -2.37. The summed E-state index contributed by atoms with van der Waals surface area (Å²) < 4.78 is 0. The van der Waals surface area contributed by atoms with Crippen molar-refractivity contribution < 1.29 is 5.11 Å². The topological polar surface area (TPSA) is 49.2 Å². The van der Waals surface area contributed by atoms with Gasteiger partial charge in [0.2, 0.25) is 0 Å². The molecule has 2 aromatic rings. The molecular weight excluding hydrogens is 306 g/mol. The van der Waals surface area contributed by atoms with Crippen molar-refractivity contribution in [1.82, 2.24) is 9.97 Å². The van der Waals surface area contributed by atoms with Gasteiger partial charge in [-0.2, -0.15) is 0 Å².